The van der Waals surface area contributed by atoms with Gasteiger partial charge in [0.25, 0.3) is 5.91 Å². The van der Waals surface area contributed by atoms with Gasteiger partial charge in [0.2, 0.25) is 17.7 Å². The van der Waals surface area contributed by atoms with E-state index in [1.54, 1.807) is 34.8 Å². The van der Waals surface area contributed by atoms with Crippen molar-refractivity contribution in [3.8, 4) is 0 Å². The standard InChI is InChI=1S/C25H34N6O4S/c1-30-11-2-5-20(30)25(35)31-12-8-17(28-23(33)16-6-9-27-10-7-16)14-21(31)24(34)29-19(22(26)32)15-18-4-3-13-36-18/h2-5,11,13,16-17,19,21,27H,6-10,12,14-15H2,1H3,(H2,26,32)(H,28,33)(H,29,34)/p+1/t17-,19-,21-/m0/s1. The Balaban J connectivity index is 1.50. The molecule has 0 unspecified atom stereocenters. The van der Waals surface area contributed by atoms with Crippen LogP contribution in [0.15, 0.2) is 35.8 Å². The Bertz CT molecular complexity index is 1080. The summed E-state index contributed by atoms with van der Waals surface area (Å²) in [6, 6.07) is 5.29. The minimum Gasteiger partial charge on any atom is -0.368 e. The van der Waals surface area contributed by atoms with E-state index in [9.17, 15) is 19.2 Å². The van der Waals surface area contributed by atoms with Crippen LogP contribution in [0.2, 0.25) is 0 Å². The number of thiophene rings is 1. The lowest BCUT2D eigenvalue weighted by molar-refractivity contribution is -0.664. The SMILES string of the molecule is Cn1cccc1C(=O)N1CC[C@H](NC(=O)C2CC[NH2+]CC2)C[C@H]1C(=O)N[C@@H](Cc1cccs1)C(N)=O. The molecule has 10 nitrogen and oxygen atoms in total. The second-order valence-electron chi connectivity index (χ2n) is 9.64. The number of quaternary nitrogens is 1. The van der Waals surface area contributed by atoms with Crippen molar-refractivity contribution in [1.82, 2.24) is 20.1 Å². The summed E-state index contributed by atoms with van der Waals surface area (Å²) in [7, 11) is 1.78. The zero-order valence-electron chi connectivity index (χ0n) is 20.5. The molecule has 194 valence electrons. The van der Waals surface area contributed by atoms with E-state index in [1.807, 2.05) is 17.5 Å². The number of aromatic nitrogens is 1. The van der Waals surface area contributed by atoms with Gasteiger partial charge in [0.1, 0.15) is 17.8 Å². The fraction of sp³-hybridized carbons (Fsp3) is 0.520. The number of rotatable bonds is 8. The number of primary amides is 1. The number of piperidine rings is 2. The molecule has 2 aliphatic heterocycles. The highest BCUT2D eigenvalue weighted by molar-refractivity contribution is 7.09. The van der Waals surface area contributed by atoms with Crippen LogP contribution >= 0.6 is 11.3 Å². The molecular formula is C25H35N6O4S+. The van der Waals surface area contributed by atoms with Gasteiger partial charge >= 0.3 is 0 Å². The third-order valence-corrected chi connectivity index (χ3v) is 8.03. The fourth-order valence-corrected chi connectivity index (χ4v) is 5.80. The first-order chi connectivity index (χ1) is 17.3. The molecule has 3 atom stereocenters. The van der Waals surface area contributed by atoms with Crippen molar-refractivity contribution in [2.75, 3.05) is 19.6 Å². The fourth-order valence-electron chi connectivity index (χ4n) is 5.05. The zero-order valence-corrected chi connectivity index (χ0v) is 21.3. The van der Waals surface area contributed by atoms with Crippen molar-refractivity contribution in [2.24, 2.45) is 18.7 Å². The molecule has 36 heavy (non-hydrogen) atoms. The molecule has 2 fully saturated rings. The van der Waals surface area contributed by atoms with Gasteiger partial charge in [0.05, 0.1) is 13.1 Å². The average molecular weight is 516 g/mol. The van der Waals surface area contributed by atoms with Gasteiger partial charge in [0.15, 0.2) is 0 Å². The maximum atomic E-state index is 13.5. The summed E-state index contributed by atoms with van der Waals surface area (Å²) < 4.78 is 1.72. The van der Waals surface area contributed by atoms with Gasteiger partial charge in [0, 0.05) is 55.9 Å². The third kappa shape index (κ3) is 6.14. The van der Waals surface area contributed by atoms with Crippen LogP contribution in [0.5, 0.6) is 0 Å². The Morgan fingerprint density at radius 3 is 2.56 bits per heavy atom. The van der Waals surface area contributed by atoms with Gasteiger partial charge in [-0.1, -0.05) is 6.07 Å². The summed E-state index contributed by atoms with van der Waals surface area (Å²) in [5, 5.41) is 10.0. The van der Waals surface area contributed by atoms with Crippen LogP contribution < -0.4 is 21.7 Å². The molecule has 6 N–H and O–H groups in total. The molecule has 2 aromatic rings. The van der Waals surface area contributed by atoms with E-state index in [1.165, 1.54) is 11.3 Å². The van der Waals surface area contributed by atoms with Gasteiger partial charge in [-0.25, -0.2) is 0 Å². The summed E-state index contributed by atoms with van der Waals surface area (Å²) >= 11 is 1.48. The van der Waals surface area contributed by atoms with Crippen LogP contribution in [0.25, 0.3) is 0 Å². The van der Waals surface area contributed by atoms with E-state index in [0.717, 1.165) is 30.8 Å². The third-order valence-electron chi connectivity index (χ3n) is 7.13. The summed E-state index contributed by atoms with van der Waals surface area (Å²) in [5.74, 6) is -1.34. The molecule has 2 aliphatic rings. The van der Waals surface area contributed by atoms with Crippen molar-refractivity contribution in [1.29, 1.82) is 0 Å². The molecule has 0 saturated carbocycles. The maximum absolute atomic E-state index is 13.5. The van der Waals surface area contributed by atoms with Crippen LogP contribution in [-0.2, 0) is 27.9 Å². The maximum Gasteiger partial charge on any atom is 0.271 e. The van der Waals surface area contributed by atoms with Crippen LogP contribution in [0.1, 0.15) is 41.0 Å². The minimum atomic E-state index is -0.892. The number of likely N-dealkylation sites (tertiary alicyclic amines) is 1. The lowest BCUT2D eigenvalue weighted by Gasteiger charge is -2.39. The predicted molar refractivity (Wildman–Crippen MR) is 135 cm³/mol. The van der Waals surface area contributed by atoms with Crippen molar-refractivity contribution in [3.63, 3.8) is 0 Å². The first-order valence-corrected chi connectivity index (χ1v) is 13.4. The van der Waals surface area contributed by atoms with Crippen LogP contribution in [0, 0.1) is 5.92 Å². The smallest absolute Gasteiger partial charge is 0.271 e. The second kappa shape index (κ2) is 11.7. The molecule has 2 aromatic heterocycles. The van der Waals surface area contributed by atoms with Crippen LogP contribution in [-0.4, -0.2) is 70.9 Å². The molecule has 4 rings (SSSR count). The highest BCUT2D eigenvalue weighted by Gasteiger charge is 2.39. The molecule has 0 aliphatic carbocycles. The van der Waals surface area contributed by atoms with Gasteiger partial charge in [-0.3, -0.25) is 19.2 Å². The molecule has 0 spiro atoms. The Morgan fingerprint density at radius 1 is 1.14 bits per heavy atom. The second-order valence-corrected chi connectivity index (χ2v) is 10.7. The van der Waals surface area contributed by atoms with Gasteiger partial charge in [-0.2, -0.15) is 0 Å². The molecule has 2 saturated heterocycles. The Kier molecular flexibility index (Phi) is 8.42. The van der Waals surface area contributed by atoms with E-state index in [2.05, 4.69) is 16.0 Å². The van der Waals surface area contributed by atoms with E-state index >= 15 is 0 Å². The lowest BCUT2D eigenvalue weighted by Crippen LogP contribution is -2.86. The number of amides is 4. The normalized spacial score (nSPS) is 21.5. The van der Waals surface area contributed by atoms with Gasteiger partial charge < -0.3 is 31.2 Å². The number of nitrogens with two attached hydrogens (primary N) is 2. The summed E-state index contributed by atoms with van der Waals surface area (Å²) in [4.78, 5) is 54.4. The molecule has 0 aromatic carbocycles. The highest BCUT2D eigenvalue weighted by Crippen LogP contribution is 2.22. The zero-order chi connectivity index (χ0) is 25.7. The first-order valence-electron chi connectivity index (χ1n) is 12.5. The number of hydrogen-bond donors (Lipinski definition) is 4. The van der Waals surface area contributed by atoms with E-state index < -0.39 is 23.9 Å². The highest BCUT2D eigenvalue weighted by atomic mass is 32.1. The average Bonchev–Trinajstić information content (AvgIpc) is 3.55. The molecule has 11 heteroatoms. The van der Waals surface area contributed by atoms with Crippen molar-refractivity contribution in [2.45, 2.75) is 50.2 Å². The molecular weight excluding hydrogens is 480 g/mol. The largest absolute Gasteiger partial charge is 0.368 e. The van der Waals surface area contributed by atoms with E-state index in [-0.39, 0.29) is 36.6 Å². The monoisotopic (exact) mass is 515 g/mol. The number of hydrogen-bond acceptors (Lipinski definition) is 5. The topological polar surface area (TPSA) is 143 Å². The quantitative estimate of drug-likeness (QED) is 0.371. The van der Waals surface area contributed by atoms with Crippen molar-refractivity contribution >= 4 is 35.0 Å². The Hall–Kier alpha value is -3.18. The molecule has 0 bridgehead atoms. The molecule has 0 radical (unpaired) electrons. The Morgan fingerprint density at radius 2 is 1.92 bits per heavy atom. The van der Waals surface area contributed by atoms with Gasteiger partial charge in [-0.05, 0) is 36.4 Å². The summed E-state index contributed by atoms with van der Waals surface area (Å²) in [5.41, 5.74) is 6.08. The lowest BCUT2D eigenvalue weighted by atomic mass is 9.93. The van der Waals surface area contributed by atoms with Crippen LogP contribution in [0.3, 0.4) is 0 Å². The van der Waals surface area contributed by atoms with Gasteiger partial charge in [-0.15, -0.1) is 11.3 Å². The summed E-state index contributed by atoms with van der Waals surface area (Å²) in [6.07, 6.45) is 4.57. The van der Waals surface area contributed by atoms with Crippen molar-refractivity contribution < 1.29 is 24.5 Å². The Labute approximate surface area is 214 Å². The number of carbonyl (C=O) groups is 4. The number of carbonyl (C=O) groups excluding carboxylic acids is 4. The number of nitrogens with zero attached hydrogens (tertiary/aromatic N) is 2. The van der Waals surface area contributed by atoms with Crippen molar-refractivity contribution in [3.05, 3.63) is 46.4 Å². The van der Waals surface area contributed by atoms with Crippen LogP contribution in [0.4, 0.5) is 0 Å². The van der Waals surface area contributed by atoms with E-state index in [0.29, 0.717) is 18.7 Å². The molecule has 4 amide bonds. The first kappa shape index (κ1) is 25.9. The minimum absolute atomic E-state index is 0.0159. The summed E-state index contributed by atoms with van der Waals surface area (Å²) in [6.45, 7) is 2.19. The predicted octanol–water partition coefficient (Wildman–Crippen LogP) is -0.638. The number of aryl methyl sites for hydroxylation is 1. The molecule has 4 heterocycles. The number of nitrogens with one attached hydrogen (secondary N) is 2. The van der Waals surface area contributed by atoms with E-state index in [4.69, 9.17) is 5.73 Å².